The number of H-pyrrole nitrogens is 1. The molecule has 2 N–H and O–H groups in total. The predicted octanol–water partition coefficient (Wildman–Crippen LogP) is 5.64. The van der Waals surface area contributed by atoms with Crippen LogP contribution in [0.5, 0.6) is 0 Å². The number of amides is 2. The second kappa shape index (κ2) is 8.94. The minimum Gasteiger partial charge on any atom is -0.444 e. The fourth-order valence-electron chi connectivity index (χ4n) is 5.98. The normalized spacial score (nSPS) is 25.2. The Hall–Kier alpha value is -2.50. The van der Waals surface area contributed by atoms with Crippen LogP contribution < -0.4 is 5.32 Å². The van der Waals surface area contributed by atoms with E-state index in [9.17, 15) is 9.59 Å². The molecule has 2 aromatic rings. The SMILES string of the molecule is Cc1ccc2c3c([nH]c2c1)C(C1CC1)N(C(=O)[C@H]1CC[C@H](CNC(=O)OC(C)(C)C)CC1)CC3. The Kier molecular flexibility index (Phi) is 6.11. The van der Waals surface area contributed by atoms with E-state index in [-0.39, 0.29) is 18.1 Å². The molecule has 1 unspecified atom stereocenters. The van der Waals surface area contributed by atoms with E-state index in [1.165, 1.54) is 40.6 Å². The lowest BCUT2D eigenvalue weighted by Crippen LogP contribution is -2.45. The van der Waals surface area contributed by atoms with Crippen molar-refractivity contribution in [1.82, 2.24) is 15.2 Å². The van der Waals surface area contributed by atoms with Gasteiger partial charge in [-0.2, -0.15) is 0 Å². The second-order valence-electron chi connectivity index (χ2n) is 11.7. The number of nitrogens with one attached hydrogen (secondary N) is 2. The highest BCUT2D eigenvalue weighted by atomic mass is 16.6. The molecule has 6 heteroatoms. The highest BCUT2D eigenvalue weighted by Crippen LogP contribution is 2.49. The van der Waals surface area contributed by atoms with Crippen molar-refractivity contribution in [2.45, 2.75) is 84.3 Å². The molecular weight excluding hydrogens is 426 g/mol. The van der Waals surface area contributed by atoms with Crippen molar-refractivity contribution in [3.63, 3.8) is 0 Å². The molecule has 1 aliphatic heterocycles. The van der Waals surface area contributed by atoms with Crippen LogP contribution in [0.2, 0.25) is 0 Å². The van der Waals surface area contributed by atoms with Gasteiger partial charge in [-0.25, -0.2) is 4.79 Å². The molecule has 0 saturated heterocycles. The van der Waals surface area contributed by atoms with Crippen molar-refractivity contribution >= 4 is 22.9 Å². The van der Waals surface area contributed by atoms with E-state index in [0.717, 1.165) is 38.6 Å². The Morgan fingerprint density at radius 2 is 1.85 bits per heavy atom. The molecule has 34 heavy (non-hydrogen) atoms. The van der Waals surface area contributed by atoms with Crippen molar-refractivity contribution in [3.05, 3.63) is 35.0 Å². The number of ether oxygens (including phenoxy) is 1. The molecule has 6 nitrogen and oxygen atoms in total. The Labute approximate surface area is 202 Å². The van der Waals surface area contributed by atoms with Crippen LogP contribution in [0, 0.1) is 24.7 Å². The summed E-state index contributed by atoms with van der Waals surface area (Å²) in [5.41, 5.74) is 4.71. The van der Waals surface area contributed by atoms with Crippen LogP contribution in [0.15, 0.2) is 18.2 Å². The standard InChI is InChI=1S/C28H39N3O3/c1-17-5-12-21-22-13-14-31(25(19-10-11-19)24(22)30-23(21)15-17)26(32)20-8-6-18(7-9-20)16-29-27(33)34-28(2,3)4/h5,12,15,18-20,25,30H,6-11,13-14,16H2,1-4H3,(H,29,33)/t18-,20-,25?. The van der Waals surface area contributed by atoms with Crippen molar-refractivity contribution in [2.75, 3.05) is 13.1 Å². The van der Waals surface area contributed by atoms with Gasteiger partial charge in [0.05, 0.1) is 6.04 Å². The Bertz CT molecular complexity index is 1070. The molecule has 0 bridgehead atoms. The maximum absolute atomic E-state index is 13.7. The van der Waals surface area contributed by atoms with Gasteiger partial charge in [0.25, 0.3) is 0 Å². The van der Waals surface area contributed by atoms with Gasteiger partial charge in [0.1, 0.15) is 5.60 Å². The lowest BCUT2D eigenvalue weighted by atomic mass is 9.80. The van der Waals surface area contributed by atoms with Gasteiger partial charge < -0.3 is 19.9 Å². The summed E-state index contributed by atoms with van der Waals surface area (Å²) in [5.74, 6) is 1.45. The fraction of sp³-hybridized carbons (Fsp3) is 0.643. The number of benzene rings is 1. The van der Waals surface area contributed by atoms with Crippen molar-refractivity contribution in [1.29, 1.82) is 0 Å². The summed E-state index contributed by atoms with van der Waals surface area (Å²) in [7, 11) is 0. The number of carbonyl (C=O) groups excluding carboxylic acids is 2. The molecular formula is C28H39N3O3. The number of hydrogen-bond donors (Lipinski definition) is 2. The van der Waals surface area contributed by atoms with Gasteiger partial charge in [-0.05, 0) is 102 Å². The molecule has 2 amide bonds. The zero-order valence-electron chi connectivity index (χ0n) is 21.1. The van der Waals surface area contributed by atoms with E-state index < -0.39 is 5.60 Å². The van der Waals surface area contributed by atoms with Crippen LogP contribution in [0.4, 0.5) is 4.79 Å². The lowest BCUT2D eigenvalue weighted by molar-refractivity contribution is -0.140. The highest BCUT2D eigenvalue weighted by Gasteiger charge is 2.44. The van der Waals surface area contributed by atoms with Crippen LogP contribution in [-0.4, -0.2) is 40.6 Å². The first-order valence-electron chi connectivity index (χ1n) is 13.1. The molecule has 1 atom stereocenters. The first-order chi connectivity index (χ1) is 16.2. The second-order valence-corrected chi connectivity index (χ2v) is 11.7. The first kappa shape index (κ1) is 23.3. The number of aryl methyl sites for hydroxylation is 1. The summed E-state index contributed by atoms with van der Waals surface area (Å²) in [4.78, 5) is 31.6. The topological polar surface area (TPSA) is 74.4 Å². The van der Waals surface area contributed by atoms with Crippen molar-refractivity contribution in [3.8, 4) is 0 Å². The van der Waals surface area contributed by atoms with Gasteiger partial charge in [-0.15, -0.1) is 0 Å². The van der Waals surface area contributed by atoms with E-state index in [4.69, 9.17) is 4.74 Å². The number of alkyl carbamates (subject to hydrolysis) is 1. The van der Waals surface area contributed by atoms with E-state index in [0.29, 0.717) is 24.3 Å². The summed E-state index contributed by atoms with van der Waals surface area (Å²) in [6.07, 6.45) is 6.78. The number of rotatable bonds is 4. The van der Waals surface area contributed by atoms with Gasteiger partial charge >= 0.3 is 6.09 Å². The maximum Gasteiger partial charge on any atom is 0.407 e. The molecule has 2 fully saturated rings. The molecule has 0 radical (unpaired) electrons. The van der Waals surface area contributed by atoms with Gasteiger partial charge in [0.2, 0.25) is 5.91 Å². The molecule has 1 aromatic heterocycles. The third kappa shape index (κ3) is 4.82. The summed E-state index contributed by atoms with van der Waals surface area (Å²) in [6, 6.07) is 6.87. The lowest BCUT2D eigenvalue weighted by Gasteiger charge is -2.39. The molecule has 2 aliphatic carbocycles. The summed E-state index contributed by atoms with van der Waals surface area (Å²) < 4.78 is 5.35. The zero-order chi connectivity index (χ0) is 24.0. The monoisotopic (exact) mass is 465 g/mol. The maximum atomic E-state index is 13.7. The largest absolute Gasteiger partial charge is 0.444 e. The van der Waals surface area contributed by atoms with Crippen molar-refractivity contribution < 1.29 is 14.3 Å². The Morgan fingerprint density at radius 1 is 1.12 bits per heavy atom. The van der Waals surface area contributed by atoms with Crippen LogP contribution >= 0.6 is 0 Å². The van der Waals surface area contributed by atoms with Crippen LogP contribution in [0.25, 0.3) is 10.9 Å². The number of nitrogens with zero attached hydrogens (tertiary/aromatic N) is 1. The molecule has 2 heterocycles. The number of hydrogen-bond acceptors (Lipinski definition) is 3. The molecule has 2 saturated carbocycles. The first-order valence-corrected chi connectivity index (χ1v) is 13.1. The van der Waals surface area contributed by atoms with Gasteiger partial charge in [-0.3, -0.25) is 4.79 Å². The zero-order valence-corrected chi connectivity index (χ0v) is 21.1. The number of fused-ring (bicyclic) bond motifs is 3. The third-order valence-corrected chi connectivity index (χ3v) is 7.81. The van der Waals surface area contributed by atoms with Gasteiger partial charge in [0, 0.05) is 35.6 Å². The third-order valence-electron chi connectivity index (χ3n) is 7.81. The van der Waals surface area contributed by atoms with E-state index in [1.807, 2.05) is 20.8 Å². The number of aromatic nitrogens is 1. The van der Waals surface area contributed by atoms with Crippen LogP contribution in [0.3, 0.4) is 0 Å². The van der Waals surface area contributed by atoms with E-state index in [2.05, 4.69) is 40.3 Å². The van der Waals surface area contributed by atoms with Crippen molar-refractivity contribution in [2.24, 2.45) is 17.8 Å². The van der Waals surface area contributed by atoms with E-state index in [1.54, 1.807) is 0 Å². The molecule has 5 rings (SSSR count). The summed E-state index contributed by atoms with van der Waals surface area (Å²) >= 11 is 0. The predicted molar refractivity (Wildman–Crippen MR) is 134 cm³/mol. The van der Waals surface area contributed by atoms with Crippen LogP contribution in [-0.2, 0) is 16.0 Å². The van der Waals surface area contributed by atoms with Gasteiger partial charge in [0.15, 0.2) is 0 Å². The highest BCUT2D eigenvalue weighted by molar-refractivity contribution is 5.87. The summed E-state index contributed by atoms with van der Waals surface area (Å²) in [5, 5.41) is 4.24. The van der Waals surface area contributed by atoms with E-state index >= 15 is 0 Å². The van der Waals surface area contributed by atoms with Gasteiger partial charge in [-0.1, -0.05) is 12.1 Å². The molecule has 184 valence electrons. The number of carbonyl (C=O) groups is 2. The minimum atomic E-state index is -0.482. The quantitative estimate of drug-likeness (QED) is 0.613. The number of aromatic amines is 1. The fourth-order valence-corrected chi connectivity index (χ4v) is 5.98. The molecule has 3 aliphatic rings. The Morgan fingerprint density at radius 3 is 2.53 bits per heavy atom. The average molecular weight is 466 g/mol. The molecule has 0 spiro atoms. The minimum absolute atomic E-state index is 0.104. The molecule has 1 aromatic carbocycles. The Balaban J connectivity index is 1.22. The average Bonchev–Trinajstić information content (AvgIpc) is 3.56. The smallest absolute Gasteiger partial charge is 0.407 e. The van der Waals surface area contributed by atoms with Crippen LogP contribution in [0.1, 0.15) is 82.2 Å². The summed E-state index contributed by atoms with van der Waals surface area (Å²) in [6.45, 7) is 9.21.